The second-order valence-electron chi connectivity index (χ2n) is 6.58. The molecule has 0 N–H and O–H groups in total. The third-order valence-electron chi connectivity index (χ3n) is 4.16. The standard InChI is InChI=1S/C22H34O8S4/c1-31-9-5-25-21(23)19-13-17(15-29-27-7-11-33-3)18(16-30-28-8-12-34-4)14-20(19)22(24)26-6-10-32-2/h13-14H,5-12,15-16H2,1-4H3. The van der Waals surface area contributed by atoms with E-state index in [2.05, 4.69) is 0 Å². The lowest BCUT2D eigenvalue weighted by molar-refractivity contribution is -0.304. The van der Waals surface area contributed by atoms with Gasteiger partial charge in [-0.05, 0) is 48.3 Å². The van der Waals surface area contributed by atoms with Gasteiger partial charge in [0.2, 0.25) is 0 Å². The molecular weight excluding hydrogens is 521 g/mol. The van der Waals surface area contributed by atoms with E-state index in [1.807, 2.05) is 25.0 Å². The highest BCUT2D eigenvalue weighted by molar-refractivity contribution is 7.99. The van der Waals surface area contributed by atoms with Gasteiger partial charge in [-0.25, -0.2) is 29.1 Å². The van der Waals surface area contributed by atoms with Crippen LogP contribution in [0, 0.1) is 0 Å². The zero-order valence-corrected chi connectivity index (χ0v) is 23.4. The molecule has 0 saturated heterocycles. The monoisotopic (exact) mass is 554 g/mol. The number of thioether (sulfide) groups is 4. The van der Waals surface area contributed by atoms with Crippen molar-refractivity contribution in [1.29, 1.82) is 0 Å². The van der Waals surface area contributed by atoms with E-state index in [1.165, 1.54) is 0 Å². The van der Waals surface area contributed by atoms with Crippen molar-refractivity contribution in [2.45, 2.75) is 13.2 Å². The number of carbonyl (C=O) groups excluding carboxylic acids is 2. The van der Waals surface area contributed by atoms with Crippen LogP contribution in [0.3, 0.4) is 0 Å². The van der Waals surface area contributed by atoms with E-state index in [0.29, 0.717) is 35.8 Å². The number of hydrogen-bond donors (Lipinski definition) is 0. The van der Waals surface area contributed by atoms with Gasteiger partial charge in [0, 0.05) is 23.0 Å². The van der Waals surface area contributed by atoms with Crippen LogP contribution >= 0.6 is 47.0 Å². The highest BCUT2D eigenvalue weighted by atomic mass is 32.2. The van der Waals surface area contributed by atoms with Crippen molar-refractivity contribution in [1.82, 2.24) is 0 Å². The topological polar surface area (TPSA) is 89.5 Å². The molecule has 0 aliphatic carbocycles. The molecule has 12 heteroatoms. The van der Waals surface area contributed by atoms with Gasteiger partial charge < -0.3 is 9.47 Å². The first-order valence-electron chi connectivity index (χ1n) is 10.5. The van der Waals surface area contributed by atoms with Crippen LogP contribution in [0.2, 0.25) is 0 Å². The summed E-state index contributed by atoms with van der Waals surface area (Å²) in [5.74, 6) is 1.67. The van der Waals surface area contributed by atoms with Crippen LogP contribution in [0.1, 0.15) is 31.8 Å². The SMILES string of the molecule is CSCCOOCc1cc(C(=O)OCCSC)c(C(=O)OCCSC)cc1COOCCSC. The molecule has 1 rings (SSSR count). The Morgan fingerprint density at radius 1 is 0.588 bits per heavy atom. The fourth-order valence-electron chi connectivity index (χ4n) is 2.45. The minimum absolute atomic E-state index is 0.0603. The Labute approximate surface area is 219 Å². The van der Waals surface area contributed by atoms with E-state index in [1.54, 1.807) is 59.2 Å². The number of esters is 2. The summed E-state index contributed by atoms with van der Waals surface area (Å²) in [5, 5.41) is 0. The minimum atomic E-state index is -0.598. The predicted molar refractivity (Wildman–Crippen MR) is 142 cm³/mol. The fourth-order valence-corrected chi connectivity index (χ4v) is 3.42. The molecule has 0 atom stereocenters. The number of benzene rings is 1. The Morgan fingerprint density at radius 3 is 1.29 bits per heavy atom. The number of ether oxygens (including phenoxy) is 2. The highest BCUT2D eigenvalue weighted by Crippen LogP contribution is 2.22. The number of hydrogen-bond acceptors (Lipinski definition) is 12. The van der Waals surface area contributed by atoms with Crippen molar-refractivity contribution in [2.24, 2.45) is 0 Å². The summed E-state index contributed by atoms with van der Waals surface area (Å²) in [6.07, 6.45) is 7.79. The lowest BCUT2D eigenvalue weighted by atomic mass is 9.98. The molecule has 0 heterocycles. The predicted octanol–water partition coefficient (Wildman–Crippen LogP) is 4.35. The normalized spacial score (nSPS) is 10.9. The van der Waals surface area contributed by atoms with Crippen LogP contribution in [-0.4, -0.2) is 86.4 Å². The summed E-state index contributed by atoms with van der Waals surface area (Å²) >= 11 is 6.40. The van der Waals surface area contributed by atoms with Gasteiger partial charge >= 0.3 is 11.9 Å². The summed E-state index contributed by atoms with van der Waals surface area (Å²) in [6.45, 7) is 1.44. The summed E-state index contributed by atoms with van der Waals surface area (Å²) in [6, 6.07) is 3.15. The summed E-state index contributed by atoms with van der Waals surface area (Å²) in [5.41, 5.74) is 1.47. The fraction of sp³-hybridized carbons (Fsp3) is 0.636. The maximum absolute atomic E-state index is 12.8. The van der Waals surface area contributed by atoms with Gasteiger partial charge in [0.25, 0.3) is 0 Å². The Kier molecular flexibility index (Phi) is 19.0. The maximum Gasteiger partial charge on any atom is 0.339 e. The molecule has 0 aromatic heterocycles. The van der Waals surface area contributed by atoms with Crippen LogP contribution in [0.25, 0.3) is 0 Å². The Balaban J connectivity index is 3.16. The molecule has 0 radical (unpaired) electrons. The zero-order valence-electron chi connectivity index (χ0n) is 20.1. The van der Waals surface area contributed by atoms with Crippen molar-refractivity contribution in [2.75, 3.05) is 74.5 Å². The molecule has 0 aliphatic heterocycles. The van der Waals surface area contributed by atoms with Crippen LogP contribution in [0.15, 0.2) is 12.1 Å². The van der Waals surface area contributed by atoms with Crippen molar-refractivity contribution < 1.29 is 38.6 Å². The summed E-state index contributed by atoms with van der Waals surface area (Å²) in [4.78, 5) is 46.7. The van der Waals surface area contributed by atoms with Gasteiger partial charge in [-0.15, -0.1) is 0 Å². The van der Waals surface area contributed by atoms with Crippen LogP contribution in [0.4, 0.5) is 0 Å². The lowest BCUT2D eigenvalue weighted by Crippen LogP contribution is -2.18. The molecule has 0 fully saturated rings. The van der Waals surface area contributed by atoms with E-state index in [0.717, 1.165) is 11.5 Å². The average molecular weight is 555 g/mol. The smallest absolute Gasteiger partial charge is 0.339 e. The zero-order chi connectivity index (χ0) is 25.0. The van der Waals surface area contributed by atoms with Gasteiger partial charge in [-0.2, -0.15) is 47.0 Å². The molecule has 34 heavy (non-hydrogen) atoms. The van der Waals surface area contributed by atoms with Crippen molar-refractivity contribution in [3.63, 3.8) is 0 Å². The molecule has 0 spiro atoms. The van der Waals surface area contributed by atoms with Crippen molar-refractivity contribution in [3.8, 4) is 0 Å². The molecule has 0 unspecified atom stereocenters. The van der Waals surface area contributed by atoms with Gasteiger partial charge in [0.05, 0.1) is 24.3 Å². The highest BCUT2D eigenvalue weighted by Gasteiger charge is 2.23. The number of carbonyl (C=O) groups is 2. The molecule has 1 aromatic rings. The molecule has 1 aromatic carbocycles. The van der Waals surface area contributed by atoms with Crippen molar-refractivity contribution >= 4 is 59.0 Å². The second kappa shape index (κ2) is 20.6. The largest absolute Gasteiger partial charge is 0.461 e. The van der Waals surface area contributed by atoms with Gasteiger partial charge in [-0.3, -0.25) is 0 Å². The van der Waals surface area contributed by atoms with Gasteiger partial charge in [0.1, 0.15) is 26.4 Å². The van der Waals surface area contributed by atoms with E-state index < -0.39 is 11.9 Å². The minimum Gasteiger partial charge on any atom is -0.461 e. The van der Waals surface area contributed by atoms with Crippen LogP contribution < -0.4 is 0 Å². The molecule has 194 valence electrons. The maximum atomic E-state index is 12.8. The quantitative estimate of drug-likeness (QED) is 0.0993. The van der Waals surface area contributed by atoms with Gasteiger partial charge in [0.15, 0.2) is 0 Å². The van der Waals surface area contributed by atoms with Crippen LogP contribution in [0.5, 0.6) is 0 Å². The Morgan fingerprint density at radius 2 is 0.941 bits per heavy atom. The molecular formula is C22H34O8S4. The van der Waals surface area contributed by atoms with E-state index in [9.17, 15) is 9.59 Å². The van der Waals surface area contributed by atoms with E-state index >= 15 is 0 Å². The second-order valence-corrected chi connectivity index (χ2v) is 10.5. The summed E-state index contributed by atoms with van der Waals surface area (Å²) in [7, 11) is 0. The van der Waals surface area contributed by atoms with E-state index in [4.69, 9.17) is 29.0 Å². The van der Waals surface area contributed by atoms with Crippen molar-refractivity contribution in [3.05, 3.63) is 34.4 Å². The average Bonchev–Trinajstić information content (AvgIpc) is 2.84. The number of rotatable bonds is 20. The first-order chi connectivity index (χ1) is 16.6. The third kappa shape index (κ3) is 12.9. The molecule has 8 nitrogen and oxygen atoms in total. The molecule has 0 amide bonds. The van der Waals surface area contributed by atoms with E-state index in [-0.39, 0.29) is 37.6 Å². The molecule has 0 saturated carbocycles. The first kappa shape index (κ1) is 31.4. The molecule has 0 aliphatic rings. The first-order valence-corrected chi connectivity index (χ1v) is 16.1. The lowest BCUT2D eigenvalue weighted by Gasteiger charge is -2.16. The third-order valence-corrected chi connectivity index (χ3v) is 6.46. The molecule has 0 bridgehead atoms. The van der Waals surface area contributed by atoms with Crippen LogP contribution in [-0.2, 0) is 42.2 Å². The summed E-state index contributed by atoms with van der Waals surface area (Å²) < 4.78 is 10.7. The Hall–Kier alpha value is -0.600. The Bertz CT molecular complexity index is 661. The van der Waals surface area contributed by atoms with Gasteiger partial charge in [-0.1, -0.05) is 0 Å².